The normalized spacial score (nSPS) is 25.2. The van der Waals surface area contributed by atoms with E-state index in [1.165, 1.54) is 23.1 Å². The molecule has 2 aliphatic carbocycles. The lowest BCUT2D eigenvalue weighted by molar-refractivity contribution is -0.141. The molecule has 5 aromatic rings. The number of phenols is 2. The van der Waals surface area contributed by atoms with Gasteiger partial charge >= 0.3 is 6.18 Å². The molecule has 3 heterocycles. The highest BCUT2D eigenvalue weighted by Gasteiger charge is 2.70. The predicted octanol–water partition coefficient (Wildman–Crippen LogP) is 8.20. The topological polar surface area (TPSA) is 140 Å². The number of aromatic hydroxyl groups is 2. The van der Waals surface area contributed by atoms with Crippen LogP contribution in [-0.2, 0) is 37.2 Å². The van der Waals surface area contributed by atoms with E-state index in [1.807, 2.05) is 6.08 Å². The second-order valence-corrected chi connectivity index (χ2v) is 16.2. The van der Waals surface area contributed by atoms with Gasteiger partial charge in [0.2, 0.25) is 11.8 Å². The van der Waals surface area contributed by atoms with Crippen molar-refractivity contribution in [3.8, 4) is 11.5 Å². The summed E-state index contributed by atoms with van der Waals surface area (Å²) in [5.41, 5.74) is 2.24. The molecule has 0 unspecified atom stereocenters. The smallest absolute Gasteiger partial charge is 0.417 e. The number of benzene rings is 4. The lowest BCUT2D eigenvalue weighted by atomic mass is 9.49. The summed E-state index contributed by atoms with van der Waals surface area (Å²) in [6, 6.07) is 23.9. The van der Waals surface area contributed by atoms with Gasteiger partial charge in [0.05, 0.1) is 33.8 Å². The minimum absolute atomic E-state index is 0.0209. The minimum atomic E-state index is -4.76. The van der Waals surface area contributed by atoms with E-state index in [1.54, 1.807) is 66.7 Å². The molecule has 0 spiro atoms. The van der Waals surface area contributed by atoms with Crippen molar-refractivity contribution in [2.24, 2.45) is 23.7 Å². The molecule has 0 bridgehead atoms. The first-order valence-electron chi connectivity index (χ1n) is 18.9. The number of rotatable bonds is 7. The first-order valence-corrected chi connectivity index (χ1v) is 19.6. The Kier molecular flexibility index (Phi) is 9.24. The molecule has 300 valence electrons. The standard InChI is InChI=1S/C44H33Cl2F3N4O6/c45-25-9-7-23(8-10-25)43-33(40(57)53(42(43)59)51-38-34(46)19-24(21-50-38)44(47,48)49)20-32-30(37(43)29-15-16-35(55)28-4-2-1-3-27(28)29)13-14-31-36(32)41(58)52(39(31)56)18-17-22-5-11-26(54)12-6-22/h1-13,15-16,19,21,31-33,36-37,54-55H,14,17-18,20H2,(H,50,51)/t31-,32+,33-,36-,37-,43+/m0/s1. The quantitative estimate of drug-likeness (QED) is 0.110. The van der Waals surface area contributed by atoms with E-state index in [-0.39, 0.29) is 42.6 Å². The zero-order valence-corrected chi connectivity index (χ0v) is 32.3. The number of halogens is 5. The number of anilines is 1. The number of aromatic nitrogens is 1. The van der Waals surface area contributed by atoms with E-state index in [4.69, 9.17) is 23.2 Å². The Morgan fingerprint density at radius 3 is 2.25 bits per heavy atom. The summed E-state index contributed by atoms with van der Waals surface area (Å²) in [6.45, 7) is 0.0949. The van der Waals surface area contributed by atoms with Crippen molar-refractivity contribution in [3.05, 3.63) is 141 Å². The van der Waals surface area contributed by atoms with E-state index in [9.17, 15) is 33.0 Å². The van der Waals surface area contributed by atoms with Crippen molar-refractivity contribution < 1.29 is 42.6 Å². The average molecular weight is 842 g/mol. The summed E-state index contributed by atoms with van der Waals surface area (Å²) in [7, 11) is 0. The van der Waals surface area contributed by atoms with Crippen molar-refractivity contribution in [2.75, 3.05) is 12.0 Å². The monoisotopic (exact) mass is 840 g/mol. The molecule has 1 saturated carbocycles. The molecule has 0 radical (unpaired) electrons. The largest absolute Gasteiger partial charge is 0.508 e. The number of likely N-dealkylation sites (tertiary alicyclic amines) is 1. The van der Waals surface area contributed by atoms with Crippen LogP contribution in [0.25, 0.3) is 10.8 Å². The maximum atomic E-state index is 15.5. The number of carbonyl (C=O) groups excluding carboxylic acids is 4. The third-order valence-electron chi connectivity index (χ3n) is 12.5. The number of hydrogen-bond acceptors (Lipinski definition) is 8. The highest BCUT2D eigenvalue weighted by Crippen LogP contribution is 2.65. The maximum absolute atomic E-state index is 15.5. The van der Waals surface area contributed by atoms with Crippen LogP contribution in [0.2, 0.25) is 10.0 Å². The maximum Gasteiger partial charge on any atom is 0.417 e. The third kappa shape index (κ3) is 6.04. The Labute approximate surface area is 344 Å². The van der Waals surface area contributed by atoms with Crippen LogP contribution in [0.5, 0.6) is 11.5 Å². The van der Waals surface area contributed by atoms with Crippen molar-refractivity contribution in [3.63, 3.8) is 0 Å². The number of allylic oxidation sites excluding steroid dienone is 2. The van der Waals surface area contributed by atoms with Gasteiger partial charge < -0.3 is 10.2 Å². The Morgan fingerprint density at radius 2 is 1.56 bits per heavy atom. The summed E-state index contributed by atoms with van der Waals surface area (Å²) >= 11 is 12.7. The number of nitrogens with one attached hydrogen (secondary N) is 1. The van der Waals surface area contributed by atoms with Crippen LogP contribution in [0.1, 0.15) is 41.0 Å². The highest BCUT2D eigenvalue weighted by atomic mass is 35.5. The van der Waals surface area contributed by atoms with E-state index < -0.39 is 69.5 Å². The molecular formula is C44H33Cl2F3N4O6. The van der Waals surface area contributed by atoms with E-state index in [2.05, 4.69) is 10.4 Å². The minimum Gasteiger partial charge on any atom is -0.508 e. The number of hydrogen-bond donors (Lipinski definition) is 3. The van der Waals surface area contributed by atoms with Crippen molar-refractivity contribution >= 4 is 63.4 Å². The van der Waals surface area contributed by atoms with Gasteiger partial charge in [0.15, 0.2) is 5.82 Å². The summed E-state index contributed by atoms with van der Waals surface area (Å²) in [6.07, 6.45) is -1.82. The van der Waals surface area contributed by atoms with Crippen LogP contribution < -0.4 is 5.43 Å². The van der Waals surface area contributed by atoms with Gasteiger partial charge in [0, 0.05) is 29.1 Å². The second kappa shape index (κ2) is 14.1. The molecule has 3 N–H and O–H groups in total. The number of hydrazine groups is 1. The fourth-order valence-electron chi connectivity index (χ4n) is 9.87. The van der Waals surface area contributed by atoms with Gasteiger partial charge in [0.1, 0.15) is 11.5 Å². The molecular weight excluding hydrogens is 808 g/mol. The Morgan fingerprint density at radius 1 is 0.847 bits per heavy atom. The molecule has 6 atom stereocenters. The summed E-state index contributed by atoms with van der Waals surface area (Å²) < 4.78 is 40.7. The molecule has 15 heteroatoms. The lowest BCUT2D eigenvalue weighted by Crippen LogP contribution is -2.53. The summed E-state index contributed by atoms with van der Waals surface area (Å²) in [5, 5.41) is 22.4. The Hall–Kier alpha value is -5.92. The van der Waals surface area contributed by atoms with Gasteiger partial charge in [-0.25, -0.2) is 4.98 Å². The van der Waals surface area contributed by atoms with Gasteiger partial charge in [-0.05, 0) is 83.7 Å². The highest BCUT2D eigenvalue weighted by molar-refractivity contribution is 6.33. The molecule has 1 aromatic heterocycles. The van der Waals surface area contributed by atoms with Crippen molar-refractivity contribution in [1.29, 1.82) is 0 Å². The Bertz CT molecular complexity index is 2620. The van der Waals surface area contributed by atoms with Crippen LogP contribution in [0, 0.1) is 23.7 Å². The average Bonchev–Trinajstić information content (AvgIpc) is 3.58. The van der Waals surface area contributed by atoms with Gasteiger partial charge in [0.25, 0.3) is 11.8 Å². The zero-order valence-electron chi connectivity index (χ0n) is 30.8. The van der Waals surface area contributed by atoms with E-state index >= 15 is 9.59 Å². The zero-order chi connectivity index (χ0) is 41.5. The molecule has 3 fully saturated rings. The van der Waals surface area contributed by atoms with Crippen LogP contribution in [0.3, 0.4) is 0 Å². The third-order valence-corrected chi connectivity index (χ3v) is 13.0. The molecule has 2 saturated heterocycles. The first kappa shape index (κ1) is 38.6. The molecule has 2 aliphatic heterocycles. The second-order valence-electron chi connectivity index (χ2n) is 15.4. The van der Waals surface area contributed by atoms with Gasteiger partial charge in [-0.1, -0.05) is 89.4 Å². The van der Waals surface area contributed by atoms with Gasteiger partial charge in [-0.3, -0.25) is 29.5 Å². The van der Waals surface area contributed by atoms with Crippen LogP contribution in [0.4, 0.5) is 19.0 Å². The van der Waals surface area contributed by atoms with Crippen LogP contribution in [-0.4, -0.2) is 55.3 Å². The van der Waals surface area contributed by atoms with Crippen molar-refractivity contribution in [2.45, 2.75) is 36.8 Å². The number of amides is 4. The molecule has 4 aromatic carbocycles. The van der Waals surface area contributed by atoms with Gasteiger partial charge in [-0.15, -0.1) is 0 Å². The lowest BCUT2D eigenvalue weighted by Gasteiger charge is -2.51. The molecule has 10 nitrogen and oxygen atoms in total. The van der Waals surface area contributed by atoms with Crippen LogP contribution in [0.15, 0.2) is 109 Å². The number of carbonyl (C=O) groups is 4. The molecule has 4 amide bonds. The predicted molar refractivity (Wildman–Crippen MR) is 211 cm³/mol. The van der Waals surface area contributed by atoms with E-state index in [0.29, 0.717) is 51.2 Å². The molecule has 4 aliphatic rings. The number of imide groups is 2. The van der Waals surface area contributed by atoms with Crippen LogP contribution >= 0.6 is 23.2 Å². The fourth-order valence-corrected chi connectivity index (χ4v) is 10.2. The Balaban J connectivity index is 1.21. The molecule has 59 heavy (non-hydrogen) atoms. The number of alkyl halides is 3. The SMILES string of the molecule is O=C1[C@H]2[C@H](CC=C3[C@H]2C[C@H]2C(=O)N(Nc4ncc(C(F)(F)F)cc4Cl)C(=O)[C@@]2(c2ccc(Cl)cc2)[C@H]3c2ccc(O)c3ccccc23)C(=O)N1CCc1ccc(O)cc1. The van der Waals surface area contributed by atoms with Gasteiger partial charge in [-0.2, -0.15) is 18.2 Å². The summed E-state index contributed by atoms with van der Waals surface area (Å²) in [4.78, 5) is 64.3. The number of nitrogens with zero attached hydrogens (tertiary/aromatic N) is 3. The number of fused-ring (bicyclic) bond motifs is 5. The number of phenolic OH excluding ortho intramolecular Hbond substituents is 2. The fraction of sp³-hybridized carbons (Fsp3) is 0.250. The van der Waals surface area contributed by atoms with Crippen molar-refractivity contribution in [1.82, 2.24) is 14.9 Å². The first-order chi connectivity index (χ1) is 28.2. The summed E-state index contributed by atoms with van der Waals surface area (Å²) in [5.74, 6) is -6.97. The van der Waals surface area contributed by atoms with E-state index in [0.717, 1.165) is 10.6 Å². The molecule has 9 rings (SSSR count). The number of pyridine rings is 1.